The molecule has 1 aliphatic heterocycles. The van der Waals surface area contributed by atoms with E-state index in [1.807, 2.05) is 42.5 Å². The van der Waals surface area contributed by atoms with Gasteiger partial charge in [-0.2, -0.15) is 0 Å². The summed E-state index contributed by atoms with van der Waals surface area (Å²) in [6.45, 7) is 1.04. The third kappa shape index (κ3) is 2.93. The molecule has 0 N–H and O–H groups in total. The van der Waals surface area contributed by atoms with Crippen molar-refractivity contribution in [3.8, 4) is 5.75 Å². The molecular weight excluding hydrogens is 302 g/mol. The van der Waals surface area contributed by atoms with Crippen LogP contribution in [0.25, 0.3) is 6.08 Å². The predicted molar refractivity (Wildman–Crippen MR) is 93.2 cm³/mol. The number of anilines is 1. The molecule has 1 heterocycles. The van der Waals surface area contributed by atoms with Crippen LogP contribution in [0.4, 0.5) is 5.69 Å². The van der Waals surface area contributed by atoms with E-state index in [0.717, 1.165) is 17.9 Å². The van der Waals surface area contributed by atoms with Crippen LogP contribution in [0.15, 0.2) is 54.6 Å². The number of para-hydroxylation sites is 1. The van der Waals surface area contributed by atoms with E-state index < -0.39 is 0 Å². The van der Waals surface area contributed by atoms with Crippen molar-refractivity contribution in [2.45, 2.75) is 12.5 Å². The summed E-state index contributed by atoms with van der Waals surface area (Å²) in [6, 6.07) is 15.8. The number of hydrogen-bond donors (Lipinski definition) is 0. The van der Waals surface area contributed by atoms with Crippen LogP contribution < -0.4 is 9.64 Å². The Morgan fingerprint density at radius 2 is 2.00 bits per heavy atom. The highest BCUT2D eigenvalue weighted by Crippen LogP contribution is 2.29. The van der Waals surface area contributed by atoms with Crippen LogP contribution in [0, 0.1) is 0 Å². The van der Waals surface area contributed by atoms with Crippen LogP contribution in [0.2, 0.25) is 0 Å². The summed E-state index contributed by atoms with van der Waals surface area (Å²) >= 11 is 0. The van der Waals surface area contributed by atoms with Gasteiger partial charge in [0, 0.05) is 11.3 Å². The van der Waals surface area contributed by atoms with Crippen molar-refractivity contribution in [3.05, 3.63) is 65.7 Å². The zero-order valence-corrected chi connectivity index (χ0v) is 13.4. The number of nitrogens with zero attached hydrogens (tertiary/aromatic N) is 1. The Bertz CT molecular complexity index is 770. The first-order chi connectivity index (χ1) is 11.8. The maximum Gasteiger partial charge on any atom is 0.253 e. The van der Waals surface area contributed by atoms with Gasteiger partial charge in [-0.25, -0.2) is 0 Å². The Morgan fingerprint density at radius 3 is 2.88 bits per heavy atom. The molecule has 4 heteroatoms. The van der Waals surface area contributed by atoms with Crippen LogP contribution in [-0.2, 0) is 16.0 Å². The second kappa shape index (κ2) is 6.49. The van der Waals surface area contributed by atoms with Gasteiger partial charge in [0.25, 0.3) is 5.91 Å². The van der Waals surface area contributed by atoms with Gasteiger partial charge in [0.15, 0.2) is 0 Å². The first-order valence-corrected chi connectivity index (χ1v) is 8.19. The molecule has 0 radical (unpaired) electrons. The number of hydrogen-bond acceptors (Lipinski definition) is 3. The number of morpholine rings is 1. The first-order valence-electron chi connectivity index (χ1n) is 8.19. The highest BCUT2D eigenvalue weighted by molar-refractivity contribution is 5.94. The summed E-state index contributed by atoms with van der Waals surface area (Å²) in [6.07, 6.45) is 5.04. The molecule has 122 valence electrons. The summed E-state index contributed by atoms with van der Waals surface area (Å²) in [7, 11) is 0. The van der Waals surface area contributed by atoms with Gasteiger partial charge in [-0.15, -0.1) is 0 Å². The van der Waals surface area contributed by atoms with Gasteiger partial charge >= 0.3 is 0 Å². The van der Waals surface area contributed by atoms with E-state index in [1.54, 1.807) is 4.90 Å². The van der Waals surface area contributed by atoms with E-state index in [0.29, 0.717) is 13.2 Å². The van der Waals surface area contributed by atoms with Crippen LogP contribution in [0.1, 0.15) is 11.1 Å². The highest BCUT2D eigenvalue weighted by atomic mass is 16.5. The SMILES string of the molecule is O=C1CO[C@H](COc2cccc3c2CC=C3)CN1c1ccccc1. The van der Waals surface area contributed by atoms with Gasteiger partial charge in [0.1, 0.15) is 25.1 Å². The molecule has 2 aromatic rings. The van der Waals surface area contributed by atoms with Crippen LogP contribution >= 0.6 is 0 Å². The molecule has 0 saturated carbocycles. The average Bonchev–Trinajstić information content (AvgIpc) is 3.11. The van der Waals surface area contributed by atoms with Crippen LogP contribution in [-0.4, -0.2) is 31.8 Å². The minimum Gasteiger partial charge on any atom is -0.490 e. The van der Waals surface area contributed by atoms with Crippen molar-refractivity contribution in [2.75, 3.05) is 24.7 Å². The lowest BCUT2D eigenvalue weighted by Gasteiger charge is -2.32. The third-order valence-corrected chi connectivity index (χ3v) is 4.41. The number of ether oxygens (including phenoxy) is 2. The number of amides is 1. The second-order valence-corrected chi connectivity index (χ2v) is 6.01. The van der Waals surface area contributed by atoms with E-state index in [4.69, 9.17) is 9.47 Å². The fraction of sp³-hybridized carbons (Fsp3) is 0.250. The lowest BCUT2D eigenvalue weighted by Crippen LogP contribution is -2.48. The van der Waals surface area contributed by atoms with Gasteiger partial charge < -0.3 is 14.4 Å². The van der Waals surface area contributed by atoms with E-state index in [1.165, 1.54) is 11.1 Å². The smallest absolute Gasteiger partial charge is 0.253 e. The molecule has 0 spiro atoms. The maximum atomic E-state index is 12.1. The van der Waals surface area contributed by atoms with Gasteiger partial charge in [-0.05, 0) is 30.2 Å². The molecule has 2 aliphatic rings. The minimum absolute atomic E-state index is 0.0118. The predicted octanol–water partition coefficient (Wildman–Crippen LogP) is 3.07. The van der Waals surface area contributed by atoms with Crippen molar-refractivity contribution >= 4 is 17.7 Å². The molecule has 2 aromatic carbocycles. The van der Waals surface area contributed by atoms with Crippen molar-refractivity contribution in [3.63, 3.8) is 0 Å². The molecule has 0 bridgehead atoms. The molecule has 4 nitrogen and oxygen atoms in total. The monoisotopic (exact) mass is 321 g/mol. The summed E-state index contributed by atoms with van der Waals surface area (Å²) in [4.78, 5) is 13.9. The summed E-state index contributed by atoms with van der Waals surface area (Å²) in [5.41, 5.74) is 3.35. The second-order valence-electron chi connectivity index (χ2n) is 6.01. The van der Waals surface area contributed by atoms with E-state index in [-0.39, 0.29) is 18.6 Å². The number of fused-ring (bicyclic) bond motifs is 1. The number of carbonyl (C=O) groups is 1. The molecular formula is C20H19NO3. The van der Waals surface area contributed by atoms with Crippen molar-refractivity contribution in [1.82, 2.24) is 0 Å². The largest absolute Gasteiger partial charge is 0.490 e. The molecule has 1 aliphatic carbocycles. The summed E-state index contributed by atoms with van der Waals surface area (Å²) in [5.74, 6) is 0.895. The fourth-order valence-electron chi connectivity index (χ4n) is 3.16. The Hall–Kier alpha value is -2.59. The quantitative estimate of drug-likeness (QED) is 0.869. The molecule has 1 fully saturated rings. The molecule has 1 amide bonds. The van der Waals surface area contributed by atoms with Gasteiger partial charge in [-0.1, -0.05) is 42.5 Å². The Balaban J connectivity index is 1.43. The van der Waals surface area contributed by atoms with E-state index in [2.05, 4.69) is 18.2 Å². The Morgan fingerprint density at radius 1 is 1.12 bits per heavy atom. The Labute approximate surface area is 141 Å². The zero-order chi connectivity index (χ0) is 16.4. The normalized spacial score (nSPS) is 19.4. The first kappa shape index (κ1) is 15.0. The van der Waals surface area contributed by atoms with Crippen molar-refractivity contribution < 1.29 is 14.3 Å². The van der Waals surface area contributed by atoms with Crippen LogP contribution in [0.3, 0.4) is 0 Å². The van der Waals surface area contributed by atoms with E-state index in [9.17, 15) is 4.79 Å². The average molecular weight is 321 g/mol. The summed E-state index contributed by atoms with van der Waals surface area (Å²) in [5, 5.41) is 0. The summed E-state index contributed by atoms with van der Waals surface area (Å²) < 4.78 is 11.7. The minimum atomic E-state index is -0.131. The fourth-order valence-corrected chi connectivity index (χ4v) is 3.16. The number of carbonyl (C=O) groups excluding carboxylic acids is 1. The molecule has 1 saturated heterocycles. The number of benzene rings is 2. The van der Waals surface area contributed by atoms with Crippen LogP contribution in [0.5, 0.6) is 5.75 Å². The zero-order valence-electron chi connectivity index (χ0n) is 13.4. The molecule has 0 unspecified atom stereocenters. The molecule has 0 aromatic heterocycles. The molecule has 1 atom stereocenters. The maximum absolute atomic E-state index is 12.1. The van der Waals surface area contributed by atoms with Crippen molar-refractivity contribution in [1.29, 1.82) is 0 Å². The lowest BCUT2D eigenvalue weighted by atomic mass is 10.1. The van der Waals surface area contributed by atoms with E-state index >= 15 is 0 Å². The molecule has 4 rings (SSSR count). The molecule has 24 heavy (non-hydrogen) atoms. The number of rotatable bonds is 4. The Kier molecular flexibility index (Phi) is 4.05. The highest BCUT2D eigenvalue weighted by Gasteiger charge is 2.28. The number of allylic oxidation sites excluding steroid dienone is 1. The van der Waals surface area contributed by atoms with Crippen molar-refractivity contribution in [2.24, 2.45) is 0 Å². The lowest BCUT2D eigenvalue weighted by molar-refractivity contribution is -0.130. The topological polar surface area (TPSA) is 38.8 Å². The van der Waals surface area contributed by atoms with Gasteiger partial charge in [-0.3, -0.25) is 4.79 Å². The standard InChI is InChI=1S/C20H19NO3/c22-20-14-23-17(12-21(20)16-8-2-1-3-9-16)13-24-19-11-5-7-15-6-4-10-18(15)19/h1-9,11,17H,10,12-14H2/t17-/m0/s1. The van der Waals surface area contributed by atoms with Gasteiger partial charge in [0.2, 0.25) is 0 Å². The van der Waals surface area contributed by atoms with Gasteiger partial charge in [0.05, 0.1) is 6.54 Å². The third-order valence-electron chi connectivity index (χ3n) is 4.41.